The predicted octanol–water partition coefficient (Wildman–Crippen LogP) is 4.34. The highest BCUT2D eigenvalue weighted by Gasteiger charge is 2.20. The Bertz CT molecular complexity index is 1200. The van der Waals surface area contributed by atoms with Gasteiger partial charge in [0.05, 0.1) is 16.4 Å². The molecule has 8 heteroatoms. The molecule has 0 aliphatic carbocycles. The quantitative estimate of drug-likeness (QED) is 0.619. The average Bonchev–Trinajstić information content (AvgIpc) is 2.72. The molecule has 2 amide bonds. The lowest BCUT2D eigenvalue weighted by Gasteiger charge is -2.17. The van der Waals surface area contributed by atoms with E-state index in [4.69, 9.17) is 11.6 Å². The molecule has 3 aromatic rings. The molecule has 0 saturated heterocycles. The Hall–Kier alpha value is -3.45. The molecular weight excluding hydrogens is 416 g/mol. The van der Waals surface area contributed by atoms with E-state index < -0.39 is 17.5 Å². The van der Waals surface area contributed by atoms with Gasteiger partial charge in [0.1, 0.15) is 6.04 Å². The van der Waals surface area contributed by atoms with Gasteiger partial charge in [-0.1, -0.05) is 35.9 Å². The van der Waals surface area contributed by atoms with Crippen LogP contribution in [0.25, 0.3) is 11.3 Å². The number of amides is 2. The highest BCUT2D eigenvalue weighted by atomic mass is 35.5. The number of nitrogens with zero attached hydrogens (tertiary/aromatic N) is 2. The van der Waals surface area contributed by atoms with Crippen molar-refractivity contribution in [2.45, 2.75) is 33.7 Å². The van der Waals surface area contributed by atoms with Crippen LogP contribution >= 0.6 is 11.6 Å². The number of aryl methyl sites for hydroxylation is 2. The molecule has 1 unspecified atom stereocenters. The van der Waals surface area contributed by atoms with Crippen LogP contribution in [0, 0.1) is 13.8 Å². The average molecular weight is 439 g/mol. The summed E-state index contributed by atoms with van der Waals surface area (Å²) in [6, 6.07) is 12.9. The number of carbonyl (C=O) groups is 2. The third-order valence-electron chi connectivity index (χ3n) is 4.89. The van der Waals surface area contributed by atoms with Crippen LogP contribution in [0.1, 0.15) is 31.0 Å². The Morgan fingerprint density at radius 2 is 1.77 bits per heavy atom. The minimum Gasteiger partial charge on any atom is -0.326 e. The summed E-state index contributed by atoms with van der Waals surface area (Å²) < 4.78 is 1.13. The van der Waals surface area contributed by atoms with Crippen molar-refractivity contribution < 1.29 is 9.59 Å². The molecule has 160 valence electrons. The smallest absolute Gasteiger partial charge is 0.267 e. The third-order valence-corrected chi connectivity index (χ3v) is 5.20. The molecule has 0 fully saturated rings. The van der Waals surface area contributed by atoms with Crippen molar-refractivity contribution in [2.24, 2.45) is 0 Å². The molecule has 3 rings (SSSR count). The molecule has 2 N–H and O–H groups in total. The molecule has 1 heterocycles. The van der Waals surface area contributed by atoms with Crippen LogP contribution < -0.4 is 16.2 Å². The van der Waals surface area contributed by atoms with Crippen LogP contribution in [0.3, 0.4) is 0 Å². The minimum absolute atomic E-state index is 0.182. The zero-order valence-electron chi connectivity index (χ0n) is 17.7. The minimum atomic E-state index is -0.872. The number of nitrogens with one attached hydrogen (secondary N) is 2. The van der Waals surface area contributed by atoms with Gasteiger partial charge in [0.2, 0.25) is 11.8 Å². The Morgan fingerprint density at radius 3 is 2.45 bits per heavy atom. The van der Waals surface area contributed by atoms with Gasteiger partial charge in [-0.2, -0.15) is 5.10 Å². The van der Waals surface area contributed by atoms with E-state index in [1.165, 1.54) is 13.0 Å². The highest BCUT2D eigenvalue weighted by Crippen LogP contribution is 2.27. The van der Waals surface area contributed by atoms with Gasteiger partial charge in [-0.05, 0) is 50.1 Å². The maximum absolute atomic E-state index is 12.8. The Morgan fingerprint density at radius 1 is 1.03 bits per heavy atom. The molecule has 0 saturated carbocycles. The second-order valence-electron chi connectivity index (χ2n) is 7.31. The van der Waals surface area contributed by atoms with Gasteiger partial charge in [0.15, 0.2) is 0 Å². The van der Waals surface area contributed by atoms with E-state index in [1.54, 1.807) is 31.2 Å². The lowest BCUT2D eigenvalue weighted by atomic mass is 10.1. The first-order valence-corrected chi connectivity index (χ1v) is 10.1. The summed E-state index contributed by atoms with van der Waals surface area (Å²) in [7, 11) is 0. The molecule has 0 spiro atoms. The molecule has 1 aromatic heterocycles. The van der Waals surface area contributed by atoms with E-state index in [-0.39, 0.29) is 5.91 Å². The second-order valence-corrected chi connectivity index (χ2v) is 7.72. The summed E-state index contributed by atoms with van der Waals surface area (Å²) in [5, 5.41) is 10.4. The molecule has 0 bridgehead atoms. The van der Waals surface area contributed by atoms with Gasteiger partial charge in [0, 0.05) is 24.2 Å². The first kappa shape index (κ1) is 22.2. The number of hydrogen-bond acceptors (Lipinski definition) is 4. The first-order chi connectivity index (χ1) is 14.7. The van der Waals surface area contributed by atoms with Crippen molar-refractivity contribution in [3.63, 3.8) is 0 Å². The van der Waals surface area contributed by atoms with Crippen molar-refractivity contribution in [3.05, 3.63) is 75.0 Å². The van der Waals surface area contributed by atoms with Crippen LogP contribution in [0.5, 0.6) is 0 Å². The van der Waals surface area contributed by atoms with Gasteiger partial charge in [0.25, 0.3) is 5.56 Å². The molecule has 0 radical (unpaired) electrons. The van der Waals surface area contributed by atoms with Gasteiger partial charge < -0.3 is 10.6 Å². The number of aromatic nitrogens is 2. The SMILES string of the molecule is CC(=O)Nc1cc(-c2ccc(=O)n(C(C)C(=O)Nc3c(C)cccc3Cl)n2)ccc1C. The molecule has 7 nitrogen and oxygen atoms in total. The summed E-state index contributed by atoms with van der Waals surface area (Å²) in [4.78, 5) is 36.7. The molecular formula is C23H23ClN4O3. The molecule has 0 aliphatic rings. The summed E-state index contributed by atoms with van der Waals surface area (Å²) in [6.07, 6.45) is 0. The number of carbonyl (C=O) groups excluding carboxylic acids is 2. The Kier molecular flexibility index (Phi) is 6.56. The first-order valence-electron chi connectivity index (χ1n) is 9.72. The monoisotopic (exact) mass is 438 g/mol. The lowest BCUT2D eigenvalue weighted by Crippen LogP contribution is -2.33. The van der Waals surface area contributed by atoms with Crippen LogP contribution in [0.4, 0.5) is 11.4 Å². The zero-order valence-corrected chi connectivity index (χ0v) is 18.4. The van der Waals surface area contributed by atoms with Crippen LogP contribution in [-0.4, -0.2) is 21.6 Å². The lowest BCUT2D eigenvalue weighted by molar-refractivity contribution is -0.119. The molecule has 31 heavy (non-hydrogen) atoms. The van der Waals surface area contributed by atoms with Crippen molar-refractivity contribution in [1.29, 1.82) is 0 Å². The van der Waals surface area contributed by atoms with Gasteiger partial charge in [-0.15, -0.1) is 0 Å². The van der Waals surface area contributed by atoms with E-state index >= 15 is 0 Å². The van der Waals surface area contributed by atoms with Crippen molar-refractivity contribution in [1.82, 2.24) is 9.78 Å². The third kappa shape index (κ3) is 5.00. The highest BCUT2D eigenvalue weighted by molar-refractivity contribution is 6.34. The largest absolute Gasteiger partial charge is 0.326 e. The number of hydrogen-bond donors (Lipinski definition) is 2. The topological polar surface area (TPSA) is 93.1 Å². The van der Waals surface area contributed by atoms with E-state index in [0.717, 1.165) is 15.8 Å². The number of benzene rings is 2. The zero-order chi connectivity index (χ0) is 22.7. The second kappa shape index (κ2) is 9.14. The Balaban J connectivity index is 1.93. The fourth-order valence-electron chi connectivity index (χ4n) is 3.09. The van der Waals surface area contributed by atoms with Crippen molar-refractivity contribution in [3.8, 4) is 11.3 Å². The maximum atomic E-state index is 12.8. The van der Waals surface area contributed by atoms with Crippen LogP contribution in [0.2, 0.25) is 5.02 Å². The van der Waals surface area contributed by atoms with Crippen molar-refractivity contribution in [2.75, 3.05) is 10.6 Å². The number of para-hydroxylation sites is 1. The molecule has 2 aromatic carbocycles. The van der Waals surface area contributed by atoms with Crippen molar-refractivity contribution >= 4 is 34.8 Å². The van der Waals surface area contributed by atoms with Crippen LogP contribution in [-0.2, 0) is 9.59 Å². The summed E-state index contributed by atoms with van der Waals surface area (Å²) >= 11 is 6.20. The standard InChI is InChI=1S/C23H23ClN4O3/c1-13-8-9-17(12-20(13)25-16(4)29)19-10-11-21(30)28(27-19)15(3)23(31)26-22-14(2)6-5-7-18(22)24/h5-12,15H,1-4H3,(H,25,29)(H,26,31). The summed E-state index contributed by atoms with van der Waals surface area (Å²) in [5.74, 6) is -0.593. The fourth-order valence-corrected chi connectivity index (χ4v) is 3.36. The number of halogens is 1. The fraction of sp³-hybridized carbons (Fsp3) is 0.217. The van der Waals surface area contributed by atoms with E-state index in [2.05, 4.69) is 15.7 Å². The van der Waals surface area contributed by atoms with Gasteiger partial charge in [-0.3, -0.25) is 14.4 Å². The normalized spacial score (nSPS) is 11.6. The van der Waals surface area contributed by atoms with E-state index in [9.17, 15) is 14.4 Å². The van der Waals surface area contributed by atoms with E-state index in [0.29, 0.717) is 27.7 Å². The molecule has 1 atom stereocenters. The van der Waals surface area contributed by atoms with E-state index in [1.807, 2.05) is 32.0 Å². The van der Waals surface area contributed by atoms with Crippen LogP contribution in [0.15, 0.2) is 53.3 Å². The predicted molar refractivity (Wildman–Crippen MR) is 123 cm³/mol. The van der Waals surface area contributed by atoms with Gasteiger partial charge in [-0.25, -0.2) is 4.68 Å². The maximum Gasteiger partial charge on any atom is 0.267 e. The number of anilines is 2. The Labute approximate surface area is 185 Å². The summed E-state index contributed by atoms with van der Waals surface area (Å²) in [6.45, 7) is 6.75. The van der Waals surface area contributed by atoms with Gasteiger partial charge >= 0.3 is 0 Å². The summed E-state index contributed by atoms with van der Waals surface area (Å²) in [5.41, 5.74) is 3.67. The molecule has 0 aliphatic heterocycles. The number of rotatable bonds is 5.